The Labute approximate surface area is 129 Å². The number of nitrogens with zero attached hydrogens (tertiary/aromatic N) is 1. The maximum Gasteiger partial charge on any atom is 0.416 e. The fourth-order valence-corrected chi connectivity index (χ4v) is 2.43. The summed E-state index contributed by atoms with van der Waals surface area (Å²) in [6, 6.07) is 15.8. The zero-order valence-corrected chi connectivity index (χ0v) is 12.8. The molecular weight excluding hydrogens is 287 g/mol. The van der Waals surface area contributed by atoms with Crippen molar-refractivity contribution in [3.8, 4) is 0 Å². The van der Waals surface area contributed by atoms with Crippen molar-refractivity contribution in [2.75, 3.05) is 14.1 Å². The summed E-state index contributed by atoms with van der Waals surface area (Å²) in [5.41, 5.74) is 1.55. The minimum Gasteiger partial charge on any atom is -0.306 e. The first-order valence-electron chi connectivity index (χ1n) is 7.23. The highest BCUT2D eigenvalue weighted by atomic mass is 19.4. The van der Waals surface area contributed by atoms with Gasteiger partial charge in [-0.05, 0) is 50.2 Å². The number of hydrogen-bond acceptors (Lipinski definition) is 1. The molecule has 0 spiro atoms. The van der Waals surface area contributed by atoms with Gasteiger partial charge in [0.2, 0.25) is 0 Å². The molecule has 2 rings (SSSR count). The Morgan fingerprint density at radius 1 is 0.818 bits per heavy atom. The van der Waals surface area contributed by atoms with Gasteiger partial charge in [-0.25, -0.2) is 0 Å². The van der Waals surface area contributed by atoms with Gasteiger partial charge >= 0.3 is 6.18 Å². The molecule has 118 valence electrons. The van der Waals surface area contributed by atoms with Crippen LogP contribution in [0.15, 0.2) is 54.6 Å². The molecule has 22 heavy (non-hydrogen) atoms. The number of benzene rings is 2. The highest BCUT2D eigenvalue weighted by Crippen LogP contribution is 2.29. The van der Waals surface area contributed by atoms with E-state index in [-0.39, 0.29) is 6.04 Å². The van der Waals surface area contributed by atoms with E-state index in [1.165, 1.54) is 5.56 Å². The Morgan fingerprint density at radius 2 is 1.32 bits per heavy atom. The van der Waals surface area contributed by atoms with Gasteiger partial charge in [0.05, 0.1) is 5.56 Å². The van der Waals surface area contributed by atoms with E-state index in [4.69, 9.17) is 0 Å². The van der Waals surface area contributed by atoms with Crippen LogP contribution < -0.4 is 0 Å². The van der Waals surface area contributed by atoms with Gasteiger partial charge in [0.15, 0.2) is 0 Å². The fraction of sp³-hybridized carbons (Fsp3) is 0.333. The first kappa shape index (κ1) is 16.6. The predicted molar refractivity (Wildman–Crippen MR) is 82.8 cm³/mol. The summed E-state index contributed by atoms with van der Waals surface area (Å²) in [6.45, 7) is 0. The SMILES string of the molecule is CN(C)C(Cc1ccccc1)Cc1ccc(C(F)(F)F)cc1. The third kappa shape index (κ3) is 4.60. The lowest BCUT2D eigenvalue weighted by Crippen LogP contribution is -2.32. The molecule has 1 atom stereocenters. The van der Waals surface area contributed by atoms with E-state index < -0.39 is 11.7 Å². The molecular formula is C18H20F3N. The maximum atomic E-state index is 12.6. The van der Waals surface area contributed by atoms with E-state index >= 15 is 0 Å². The first-order chi connectivity index (χ1) is 10.4. The van der Waals surface area contributed by atoms with Crippen molar-refractivity contribution in [2.45, 2.75) is 25.1 Å². The normalized spacial score (nSPS) is 13.4. The Kier molecular flexibility index (Phi) is 5.24. The molecule has 0 amide bonds. The Bertz CT molecular complexity index is 574. The molecule has 4 heteroatoms. The molecule has 0 aromatic heterocycles. The van der Waals surface area contributed by atoms with Crippen LogP contribution >= 0.6 is 0 Å². The fourth-order valence-electron chi connectivity index (χ4n) is 2.43. The second-order valence-corrected chi connectivity index (χ2v) is 5.71. The van der Waals surface area contributed by atoms with Crippen LogP contribution in [0.25, 0.3) is 0 Å². The van der Waals surface area contributed by atoms with E-state index in [1.807, 2.05) is 32.3 Å². The number of likely N-dealkylation sites (N-methyl/N-ethyl adjacent to an activating group) is 1. The standard InChI is InChI=1S/C18H20F3N/c1-22(2)17(12-14-6-4-3-5-7-14)13-15-8-10-16(11-9-15)18(19,20)21/h3-11,17H,12-13H2,1-2H3. The molecule has 1 unspecified atom stereocenters. The van der Waals surface area contributed by atoms with E-state index in [0.717, 1.165) is 30.5 Å². The van der Waals surface area contributed by atoms with Crippen LogP contribution in [-0.4, -0.2) is 25.0 Å². The Hall–Kier alpha value is -1.81. The molecule has 0 aliphatic carbocycles. The molecule has 0 aliphatic rings. The van der Waals surface area contributed by atoms with E-state index in [1.54, 1.807) is 12.1 Å². The van der Waals surface area contributed by atoms with Gasteiger partial charge < -0.3 is 4.90 Å². The third-order valence-electron chi connectivity index (χ3n) is 3.80. The van der Waals surface area contributed by atoms with Crippen LogP contribution in [0.5, 0.6) is 0 Å². The van der Waals surface area contributed by atoms with Crippen LogP contribution in [0.4, 0.5) is 13.2 Å². The minimum absolute atomic E-state index is 0.249. The average Bonchev–Trinajstić information content (AvgIpc) is 2.47. The van der Waals surface area contributed by atoms with Crippen molar-refractivity contribution in [2.24, 2.45) is 0 Å². The Morgan fingerprint density at radius 3 is 1.77 bits per heavy atom. The van der Waals surface area contributed by atoms with Crippen LogP contribution in [0, 0.1) is 0 Å². The number of rotatable bonds is 5. The van der Waals surface area contributed by atoms with E-state index in [9.17, 15) is 13.2 Å². The summed E-state index contributed by atoms with van der Waals surface area (Å²) in [6.07, 6.45) is -2.68. The van der Waals surface area contributed by atoms with Gasteiger partial charge in [-0.15, -0.1) is 0 Å². The first-order valence-corrected chi connectivity index (χ1v) is 7.23. The van der Waals surface area contributed by atoms with Crippen molar-refractivity contribution in [1.29, 1.82) is 0 Å². The zero-order chi connectivity index (χ0) is 16.2. The molecule has 2 aromatic carbocycles. The molecule has 0 bridgehead atoms. The second kappa shape index (κ2) is 6.97. The number of hydrogen-bond donors (Lipinski definition) is 0. The van der Waals surface area contributed by atoms with Crippen LogP contribution in [0.2, 0.25) is 0 Å². The molecule has 1 nitrogen and oxygen atoms in total. The van der Waals surface area contributed by atoms with E-state index in [2.05, 4.69) is 17.0 Å². The molecule has 0 aliphatic heterocycles. The summed E-state index contributed by atoms with van der Waals surface area (Å²) >= 11 is 0. The molecule has 2 aromatic rings. The van der Waals surface area contributed by atoms with Gasteiger partial charge in [-0.2, -0.15) is 13.2 Å². The van der Waals surface area contributed by atoms with E-state index in [0.29, 0.717) is 0 Å². The van der Waals surface area contributed by atoms with Crippen molar-refractivity contribution in [3.05, 3.63) is 71.3 Å². The molecule has 0 N–H and O–H groups in total. The van der Waals surface area contributed by atoms with Gasteiger partial charge in [0.25, 0.3) is 0 Å². The average molecular weight is 307 g/mol. The van der Waals surface area contributed by atoms with Crippen molar-refractivity contribution < 1.29 is 13.2 Å². The summed E-state index contributed by atoms with van der Waals surface area (Å²) in [5, 5.41) is 0. The smallest absolute Gasteiger partial charge is 0.306 e. The number of alkyl halides is 3. The molecule has 0 radical (unpaired) electrons. The number of halogens is 3. The van der Waals surface area contributed by atoms with Crippen molar-refractivity contribution in [1.82, 2.24) is 4.90 Å². The van der Waals surface area contributed by atoms with Crippen molar-refractivity contribution in [3.63, 3.8) is 0 Å². The minimum atomic E-state index is -4.27. The summed E-state index contributed by atoms with van der Waals surface area (Å²) in [4.78, 5) is 2.12. The predicted octanol–water partition coefficient (Wildman–Crippen LogP) is 4.42. The Balaban J connectivity index is 2.08. The lowest BCUT2D eigenvalue weighted by atomic mass is 9.97. The highest BCUT2D eigenvalue weighted by molar-refractivity contribution is 5.26. The maximum absolute atomic E-state index is 12.6. The zero-order valence-electron chi connectivity index (χ0n) is 12.8. The van der Waals surface area contributed by atoms with Crippen LogP contribution in [0.3, 0.4) is 0 Å². The van der Waals surface area contributed by atoms with Gasteiger partial charge in [-0.1, -0.05) is 42.5 Å². The van der Waals surface area contributed by atoms with Crippen LogP contribution in [0.1, 0.15) is 16.7 Å². The summed E-state index contributed by atoms with van der Waals surface area (Å²) in [5.74, 6) is 0. The molecule has 0 fully saturated rings. The highest BCUT2D eigenvalue weighted by Gasteiger charge is 2.30. The summed E-state index contributed by atoms with van der Waals surface area (Å²) < 4.78 is 37.8. The van der Waals surface area contributed by atoms with Crippen LogP contribution in [-0.2, 0) is 19.0 Å². The topological polar surface area (TPSA) is 3.24 Å². The third-order valence-corrected chi connectivity index (χ3v) is 3.80. The molecule has 0 saturated carbocycles. The largest absolute Gasteiger partial charge is 0.416 e. The van der Waals surface area contributed by atoms with Gasteiger partial charge in [0.1, 0.15) is 0 Å². The lowest BCUT2D eigenvalue weighted by Gasteiger charge is -2.24. The lowest BCUT2D eigenvalue weighted by molar-refractivity contribution is -0.137. The molecule has 0 saturated heterocycles. The second-order valence-electron chi connectivity index (χ2n) is 5.71. The van der Waals surface area contributed by atoms with Gasteiger partial charge in [0, 0.05) is 6.04 Å². The van der Waals surface area contributed by atoms with Gasteiger partial charge in [-0.3, -0.25) is 0 Å². The summed E-state index contributed by atoms with van der Waals surface area (Å²) in [7, 11) is 4.00. The quantitative estimate of drug-likeness (QED) is 0.790. The van der Waals surface area contributed by atoms with Crippen molar-refractivity contribution >= 4 is 0 Å². The molecule has 0 heterocycles. The monoisotopic (exact) mass is 307 g/mol.